The van der Waals surface area contributed by atoms with Crippen LogP contribution in [-0.4, -0.2) is 55.9 Å². The van der Waals surface area contributed by atoms with Gasteiger partial charge in [-0.25, -0.2) is 9.59 Å². The van der Waals surface area contributed by atoms with Crippen LogP contribution in [0.5, 0.6) is 11.5 Å². The number of hydrogen-bond acceptors (Lipinski definition) is 8. The number of amides is 4. The van der Waals surface area contributed by atoms with E-state index in [9.17, 15) is 39.0 Å². The van der Waals surface area contributed by atoms with E-state index in [1.807, 2.05) is 24.3 Å². The number of carbonyl (C=O) groups excluding carboxylic acids is 4. The number of hydroxylamine groups is 4. The Morgan fingerprint density at radius 3 is 1.50 bits per heavy atom. The summed E-state index contributed by atoms with van der Waals surface area (Å²) in [6, 6.07) is 22.3. The van der Waals surface area contributed by atoms with Gasteiger partial charge in [0.25, 0.3) is 23.6 Å². The number of imide groups is 2. The van der Waals surface area contributed by atoms with Crippen molar-refractivity contribution >= 4 is 35.6 Å². The minimum Gasteiger partial charge on any atom is -0.478 e. The van der Waals surface area contributed by atoms with Crippen molar-refractivity contribution in [1.82, 2.24) is 10.1 Å². The molecule has 0 spiro atoms. The molecular formula is C40H30N2O10. The van der Waals surface area contributed by atoms with E-state index in [0.29, 0.717) is 33.8 Å². The van der Waals surface area contributed by atoms with Crippen LogP contribution in [0.25, 0.3) is 0 Å². The van der Waals surface area contributed by atoms with E-state index in [1.54, 1.807) is 24.3 Å². The second-order valence-electron chi connectivity index (χ2n) is 14.2. The predicted octanol–water partition coefficient (Wildman–Crippen LogP) is 6.01. The third kappa shape index (κ3) is 4.52. The molecule has 4 atom stereocenters. The Kier molecular flexibility index (Phi) is 6.92. The van der Waals surface area contributed by atoms with Crippen LogP contribution in [0.2, 0.25) is 0 Å². The fourth-order valence-corrected chi connectivity index (χ4v) is 9.68. The van der Waals surface area contributed by atoms with E-state index < -0.39 is 35.6 Å². The Bertz CT molecular complexity index is 2120. The maximum Gasteiger partial charge on any atom is 0.335 e. The molecular weight excluding hydrogens is 668 g/mol. The molecule has 4 aromatic carbocycles. The van der Waals surface area contributed by atoms with Gasteiger partial charge >= 0.3 is 11.9 Å². The molecule has 4 amide bonds. The Morgan fingerprint density at radius 2 is 1.04 bits per heavy atom. The Hall–Kier alpha value is -6.30. The molecule has 3 fully saturated rings. The molecule has 5 aliphatic rings. The minimum absolute atomic E-state index is 0.0312. The fraction of sp³-hybridized carbons (Fsp3) is 0.250. The number of carbonyl (C=O) groups is 6. The molecule has 260 valence electrons. The molecule has 3 saturated carbocycles. The molecule has 2 N–H and O–H groups in total. The number of benzene rings is 4. The van der Waals surface area contributed by atoms with Crippen LogP contribution in [0, 0.1) is 23.7 Å². The summed E-state index contributed by atoms with van der Waals surface area (Å²) in [5, 5.41) is 20.0. The van der Waals surface area contributed by atoms with Crippen molar-refractivity contribution in [3.8, 4) is 11.5 Å². The van der Waals surface area contributed by atoms with E-state index in [4.69, 9.17) is 9.68 Å². The smallest absolute Gasteiger partial charge is 0.335 e. The van der Waals surface area contributed by atoms with Gasteiger partial charge in [0.05, 0.1) is 33.4 Å². The molecule has 52 heavy (non-hydrogen) atoms. The number of nitrogens with zero attached hydrogens (tertiary/aromatic N) is 2. The summed E-state index contributed by atoms with van der Waals surface area (Å²) in [4.78, 5) is 86.6. The topological polar surface area (TPSA) is 168 Å². The summed E-state index contributed by atoms with van der Waals surface area (Å²) >= 11 is 0. The number of rotatable bonds is 8. The van der Waals surface area contributed by atoms with Gasteiger partial charge < -0.3 is 19.9 Å². The maximum atomic E-state index is 13.1. The van der Waals surface area contributed by atoms with Crippen molar-refractivity contribution in [3.63, 3.8) is 0 Å². The van der Waals surface area contributed by atoms with Gasteiger partial charge in [0.1, 0.15) is 0 Å². The van der Waals surface area contributed by atoms with Gasteiger partial charge in [-0.3, -0.25) is 19.2 Å². The van der Waals surface area contributed by atoms with Gasteiger partial charge in [0.15, 0.2) is 11.5 Å². The van der Waals surface area contributed by atoms with Crippen LogP contribution in [0.1, 0.15) is 105 Å². The third-order valence-corrected chi connectivity index (χ3v) is 11.8. The lowest BCUT2D eigenvalue weighted by molar-refractivity contribution is -0.0146. The lowest BCUT2D eigenvalue weighted by atomic mass is 9.59. The number of aromatic carboxylic acids is 2. The first-order valence-electron chi connectivity index (χ1n) is 17.1. The highest BCUT2D eigenvalue weighted by Crippen LogP contribution is 2.68. The van der Waals surface area contributed by atoms with Crippen molar-refractivity contribution in [2.45, 2.75) is 37.5 Å². The van der Waals surface area contributed by atoms with E-state index >= 15 is 0 Å². The molecule has 4 unspecified atom stereocenters. The zero-order valence-electron chi connectivity index (χ0n) is 27.5. The number of hydrogen-bond donors (Lipinski definition) is 2. The first kappa shape index (κ1) is 31.7. The molecule has 12 heteroatoms. The Balaban J connectivity index is 0.990. The average molecular weight is 699 g/mol. The molecule has 2 heterocycles. The van der Waals surface area contributed by atoms with Crippen LogP contribution >= 0.6 is 0 Å². The van der Waals surface area contributed by atoms with E-state index in [0.717, 1.165) is 24.0 Å². The van der Waals surface area contributed by atoms with Crippen LogP contribution in [0.3, 0.4) is 0 Å². The maximum absolute atomic E-state index is 13.1. The molecule has 3 aliphatic carbocycles. The standard InChI is InChI=1S/C40H30N2O10/c43-34-29-14-4-20(38(47)48)16-31(29)36(45)41(34)51-25-10-6-23(7-11-25)40(19-22-18-33(40)28-3-1-2-27(22)28)24-8-12-26(13-9-24)52-42-35(44)30-15-5-21(39(49)50)17-32(30)37(42)46/h4-17,22,27-28,33H,1-3,18-19H2,(H,47,48)(H,49,50). The second-order valence-corrected chi connectivity index (χ2v) is 14.2. The lowest BCUT2D eigenvalue weighted by Crippen LogP contribution is -2.40. The molecule has 2 aliphatic heterocycles. The van der Waals surface area contributed by atoms with E-state index in [1.165, 1.54) is 55.7 Å². The van der Waals surface area contributed by atoms with Gasteiger partial charge in [0, 0.05) is 5.41 Å². The lowest BCUT2D eigenvalue weighted by Gasteiger charge is -2.44. The highest BCUT2D eigenvalue weighted by molar-refractivity contribution is 6.22. The molecule has 2 bridgehead atoms. The largest absolute Gasteiger partial charge is 0.478 e. The summed E-state index contributed by atoms with van der Waals surface area (Å²) in [5.74, 6) is -2.48. The summed E-state index contributed by atoms with van der Waals surface area (Å²) < 4.78 is 0. The van der Waals surface area contributed by atoms with Crippen LogP contribution in [0.4, 0.5) is 0 Å². The summed E-state index contributed by atoms with van der Waals surface area (Å²) in [5.41, 5.74) is 1.65. The average Bonchev–Trinajstić information content (AvgIpc) is 3.96. The molecule has 0 aromatic heterocycles. The van der Waals surface area contributed by atoms with Crippen molar-refractivity contribution in [2.24, 2.45) is 23.7 Å². The highest BCUT2D eigenvalue weighted by atomic mass is 16.7. The summed E-state index contributed by atoms with van der Waals surface area (Å²) in [7, 11) is 0. The van der Waals surface area contributed by atoms with E-state index in [2.05, 4.69) is 0 Å². The molecule has 4 aromatic rings. The predicted molar refractivity (Wildman–Crippen MR) is 180 cm³/mol. The SMILES string of the molecule is O=C(O)c1ccc2c(c1)C(=O)N(Oc1ccc(C3(c4ccc(ON5C(=O)c6ccc(C(=O)O)cc6C5=O)cc4)CC4CC3C3CCCC43)cc1)C2=O. The van der Waals surface area contributed by atoms with E-state index in [-0.39, 0.29) is 50.3 Å². The number of fused-ring (bicyclic) bond motifs is 7. The highest BCUT2D eigenvalue weighted by Gasteiger charge is 2.61. The third-order valence-electron chi connectivity index (χ3n) is 11.8. The molecule has 9 rings (SSSR count). The second kappa shape index (κ2) is 11.4. The van der Waals surface area contributed by atoms with Gasteiger partial charge in [-0.05, 0) is 121 Å². The first-order chi connectivity index (χ1) is 25.0. The Morgan fingerprint density at radius 1 is 0.596 bits per heavy atom. The van der Waals surface area contributed by atoms with Crippen LogP contribution in [-0.2, 0) is 5.41 Å². The molecule has 0 saturated heterocycles. The van der Waals surface area contributed by atoms with Gasteiger partial charge in [-0.2, -0.15) is 0 Å². The van der Waals surface area contributed by atoms with Crippen molar-refractivity contribution in [3.05, 3.63) is 129 Å². The molecule has 0 radical (unpaired) electrons. The fourth-order valence-electron chi connectivity index (χ4n) is 9.68. The number of carboxylic acid groups (broad SMARTS) is 2. The van der Waals surface area contributed by atoms with Gasteiger partial charge in [0.2, 0.25) is 0 Å². The Labute approximate surface area is 296 Å². The monoisotopic (exact) mass is 698 g/mol. The minimum atomic E-state index is -1.21. The van der Waals surface area contributed by atoms with Crippen molar-refractivity contribution < 1.29 is 48.7 Å². The zero-order valence-corrected chi connectivity index (χ0v) is 27.5. The zero-order chi connectivity index (χ0) is 36.1. The first-order valence-corrected chi connectivity index (χ1v) is 17.1. The molecule has 12 nitrogen and oxygen atoms in total. The normalized spacial score (nSPS) is 23.5. The van der Waals surface area contributed by atoms with Crippen LogP contribution < -0.4 is 9.68 Å². The summed E-state index contributed by atoms with van der Waals surface area (Å²) in [6.45, 7) is 0. The van der Waals surface area contributed by atoms with Crippen molar-refractivity contribution in [2.75, 3.05) is 0 Å². The van der Waals surface area contributed by atoms with Gasteiger partial charge in [-0.15, -0.1) is 0 Å². The quantitative estimate of drug-likeness (QED) is 0.208. The van der Waals surface area contributed by atoms with Crippen LogP contribution in [0.15, 0.2) is 84.9 Å². The number of carboxylic acids is 2. The van der Waals surface area contributed by atoms with Gasteiger partial charge in [-0.1, -0.05) is 40.8 Å². The summed E-state index contributed by atoms with van der Waals surface area (Å²) in [6.07, 6.45) is 5.66. The van der Waals surface area contributed by atoms with Crippen molar-refractivity contribution in [1.29, 1.82) is 0 Å².